The molecule has 2 heterocycles. The molecule has 0 amide bonds. The van der Waals surface area contributed by atoms with Gasteiger partial charge in [-0.3, -0.25) is 0 Å². The van der Waals surface area contributed by atoms with E-state index >= 15 is 0 Å². The van der Waals surface area contributed by atoms with E-state index in [0.717, 1.165) is 49.9 Å². The molecule has 1 aromatic carbocycles. The van der Waals surface area contributed by atoms with Crippen molar-refractivity contribution in [3.05, 3.63) is 47.7 Å². The first-order valence-corrected chi connectivity index (χ1v) is 8.70. The van der Waals surface area contributed by atoms with Crippen molar-refractivity contribution in [1.82, 2.24) is 9.97 Å². The number of nitrogens with one attached hydrogen (secondary N) is 1. The number of benzene rings is 1. The fourth-order valence-electron chi connectivity index (χ4n) is 3.05. The molecule has 0 saturated carbocycles. The zero-order chi connectivity index (χ0) is 15.9. The monoisotopic (exact) mass is 310 g/mol. The number of rotatable bonds is 6. The average Bonchev–Trinajstić information content (AvgIpc) is 2.60. The standard InChI is InChI=1S/C19H26N4/c1-16-15-18(23-13-6-3-7-14-23)22-19(21-16)20-12-8-11-17-9-4-2-5-10-17/h2,4-5,9-10,15H,3,6-8,11-14H2,1H3,(H,20,21,22). The molecule has 3 rings (SSSR count). The number of anilines is 2. The summed E-state index contributed by atoms with van der Waals surface area (Å²) in [6.07, 6.45) is 6.04. The highest BCUT2D eigenvalue weighted by atomic mass is 15.2. The highest BCUT2D eigenvalue weighted by Crippen LogP contribution is 2.19. The van der Waals surface area contributed by atoms with Crippen molar-refractivity contribution in [2.75, 3.05) is 29.9 Å². The molecule has 1 aromatic heterocycles. The topological polar surface area (TPSA) is 41.1 Å². The molecule has 0 aliphatic carbocycles. The number of hydrogen-bond acceptors (Lipinski definition) is 4. The van der Waals surface area contributed by atoms with Crippen molar-refractivity contribution < 1.29 is 0 Å². The molecule has 1 N–H and O–H groups in total. The van der Waals surface area contributed by atoms with Crippen LogP contribution < -0.4 is 10.2 Å². The van der Waals surface area contributed by atoms with Gasteiger partial charge in [0.2, 0.25) is 5.95 Å². The minimum absolute atomic E-state index is 0.763. The second-order valence-corrected chi connectivity index (χ2v) is 6.25. The maximum absolute atomic E-state index is 4.71. The van der Waals surface area contributed by atoms with Gasteiger partial charge in [-0.25, -0.2) is 4.98 Å². The van der Waals surface area contributed by atoms with E-state index in [2.05, 4.69) is 51.6 Å². The van der Waals surface area contributed by atoms with Crippen molar-refractivity contribution in [3.63, 3.8) is 0 Å². The smallest absolute Gasteiger partial charge is 0.224 e. The van der Waals surface area contributed by atoms with E-state index in [4.69, 9.17) is 4.98 Å². The van der Waals surface area contributed by atoms with Crippen LogP contribution in [-0.2, 0) is 6.42 Å². The summed E-state index contributed by atoms with van der Waals surface area (Å²) in [6, 6.07) is 12.7. The van der Waals surface area contributed by atoms with Crippen molar-refractivity contribution in [1.29, 1.82) is 0 Å². The molecular weight excluding hydrogens is 284 g/mol. The molecule has 1 aliphatic rings. The van der Waals surface area contributed by atoms with Gasteiger partial charge in [-0.15, -0.1) is 0 Å². The Bertz CT molecular complexity index is 606. The molecule has 0 unspecified atom stereocenters. The molecule has 0 radical (unpaired) electrons. The zero-order valence-corrected chi connectivity index (χ0v) is 14.0. The van der Waals surface area contributed by atoms with Gasteiger partial charge in [0.05, 0.1) is 0 Å². The van der Waals surface area contributed by atoms with Crippen LogP contribution in [0.1, 0.15) is 36.9 Å². The van der Waals surface area contributed by atoms with Crippen LogP contribution in [-0.4, -0.2) is 29.6 Å². The second-order valence-electron chi connectivity index (χ2n) is 6.25. The van der Waals surface area contributed by atoms with Gasteiger partial charge >= 0.3 is 0 Å². The van der Waals surface area contributed by atoms with E-state index in [0.29, 0.717) is 0 Å². The third kappa shape index (κ3) is 4.68. The fraction of sp³-hybridized carbons (Fsp3) is 0.474. The molecule has 0 bridgehead atoms. The predicted molar refractivity (Wildman–Crippen MR) is 96.1 cm³/mol. The molecule has 23 heavy (non-hydrogen) atoms. The quantitative estimate of drug-likeness (QED) is 0.824. The highest BCUT2D eigenvalue weighted by Gasteiger charge is 2.13. The highest BCUT2D eigenvalue weighted by molar-refractivity contribution is 5.45. The van der Waals surface area contributed by atoms with Gasteiger partial charge in [-0.1, -0.05) is 30.3 Å². The van der Waals surface area contributed by atoms with Gasteiger partial charge in [0.15, 0.2) is 0 Å². The van der Waals surface area contributed by atoms with E-state index in [-0.39, 0.29) is 0 Å². The lowest BCUT2D eigenvalue weighted by molar-refractivity contribution is 0.573. The van der Waals surface area contributed by atoms with E-state index in [9.17, 15) is 0 Å². The van der Waals surface area contributed by atoms with Gasteiger partial charge in [0.1, 0.15) is 5.82 Å². The summed E-state index contributed by atoms with van der Waals surface area (Å²) in [5.74, 6) is 1.83. The van der Waals surface area contributed by atoms with Crippen LogP contribution in [0.15, 0.2) is 36.4 Å². The third-order valence-electron chi connectivity index (χ3n) is 4.29. The Morgan fingerprint density at radius 1 is 1.04 bits per heavy atom. The Morgan fingerprint density at radius 2 is 1.83 bits per heavy atom. The Morgan fingerprint density at radius 3 is 2.61 bits per heavy atom. The second kappa shape index (κ2) is 7.95. The molecule has 0 atom stereocenters. The average molecular weight is 310 g/mol. The number of aromatic nitrogens is 2. The summed E-state index contributed by atoms with van der Waals surface area (Å²) < 4.78 is 0. The van der Waals surface area contributed by atoms with Crippen LogP contribution in [0.4, 0.5) is 11.8 Å². The van der Waals surface area contributed by atoms with E-state index in [1.54, 1.807) is 0 Å². The Labute approximate surface area is 139 Å². The fourth-order valence-corrected chi connectivity index (χ4v) is 3.05. The van der Waals surface area contributed by atoms with E-state index in [1.165, 1.54) is 24.8 Å². The van der Waals surface area contributed by atoms with Crippen LogP contribution in [0.3, 0.4) is 0 Å². The predicted octanol–water partition coefficient (Wildman–Crippen LogP) is 3.82. The molecular formula is C19H26N4. The Hall–Kier alpha value is -2.10. The molecule has 1 saturated heterocycles. The number of piperidine rings is 1. The van der Waals surface area contributed by atoms with Gasteiger partial charge in [0, 0.05) is 31.4 Å². The van der Waals surface area contributed by atoms with E-state index in [1.807, 2.05) is 6.92 Å². The number of hydrogen-bond donors (Lipinski definition) is 1. The summed E-state index contributed by atoms with van der Waals surface area (Å²) in [5.41, 5.74) is 2.42. The Balaban J connectivity index is 1.54. The number of nitrogens with zero attached hydrogens (tertiary/aromatic N) is 3. The van der Waals surface area contributed by atoms with E-state index < -0.39 is 0 Å². The lowest BCUT2D eigenvalue weighted by Gasteiger charge is -2.28. The van der Waals surface area contributed by atoms with Crippen LogP contribution in [0, 0.1) is 6.92 Å². The minimum atomic E-state index is 0.763. The Kier molecular flexibility index (Phi) is 5.46. The van der Waals surface area contributed by atoms with Crippen LogP contribution in [0.25, 0.3) is 0 Å². The molecule has 4 nitrogen and oxygen atoms in total. The minimum Gasteiger partial charge on any atom is -0.356 e. The molecule has 4 heteroatoms. The van der Waals surface area contributed by atoms with Crippen molar-refractivity contribution in [3.8, 4) is 0 Å². The lowest BCUT2D eigenvalue weighted by atomic mass is 10.1. The molecule has 1 aliphatic heterocycles. The van der Waals surface area contributed by atoms with Crippen molar-refractivity contribution in [2.24, 2.45) is 0 Å². The first-order valence-electron chi connectivity index (χ1n) is 8.70. The third-order valence-corrected chi connectivity index (χ3v) is 4.29. The lowest BCUT2D eigenvalue weighted by Crippen LogP contribution is -2.30. The largest absolute Gasteiger partial charge is 0.356 e. The maximum atomic E-state index is 4.71. The maximum Gasteiger partial charge on any atom is 0.224 e. The molecule has 0 spiro atoms. The van der Waals surface area contributed by atoms with Crippen LogP contribution in [0.2, 0.25) is 0 Å². The summed E-state index contributed by atoms with van der Waals surface area (Å²) in [7, 11) is 0. The van der Waals surface area contributed by atoms with Crippen LogP contribution in [0.5, 0.6) is 0 Å². The normalized spacial score (nSPS) is 14.7. The first-order chi connectivity index (χ1) is 11.3. The number of aryl methyl sites for hydroxylation is 2. The molecule has 2 aromatic rings. The van der Waals surface area contributed by atoms with Crippen molar-refractivity contribution in [2.45, 2.75) is 39.0 Å². The van der Waals surface area contributed by atoms with Gasteiger partial charge in [-0.05, 0) is 44.6 Å². The SMILES string of the molecule is Cc1cc(N2CCCCC2)nc(NCCCc2ccccc2)n1. The first kappa shape index (κ1) is 15.8. The molecule has 1 fully saturated rings. The summed E-state index contributed by atoms with van der Waals surface area (Å²) in [6.45, 7) is 5.18. The zero-order valence-electron chi connectivity index (χ0n) is 14.0. The van der Waals surface area contributed by atoms with Crippen LogP contribution >= 0.6 is 0 Å². The van der Waals surface area contributed by atoms with Gasteiger partial charge in [-0.2, -0.15) is 4.98 Å². The summed E-state index contributed by atoms with van der Waals surface area (Å²) in [5, 5.41) is 3.39. The summed E-state index contributed by atoms with van der Waals surface area (Å²) in [4.78, 5) is 11.6. The van der Waals surface area contributed by atoms with Crippen molar-refractivity contribution >= 4 is 11.8 Å². The molecule has 122 valence electrons. The van der Waals surface area contributed by atoms with Gasteiger partial charge in [0.25, 0.3) is 0 Å². The van der Waals surface area contributed by atoms with Gasteiger partial charge < -0.3 is 10.2 Å². The summed E-state index contributed by atoms with van der Waals surface area (Å²) >= 11 is 0.